The minimum atomic E-state index is -0.731. The van der Waals surface area contributed by atoms with Crippen molar-refractivity contribution in [3.05, 3.63) is 35.4 Å². The Morgan fingerprint density at radius 1 is 1.09 bits per heavy atom. The molecule has 0 spiro atoms. The van der Waals surface area contributed by atoms with E-state index in [4.69, 9.17) is 5.73 Å². The second kappa shape index (κ2) is 6.92. The van der Waals surface area contributed by atoms with Crippen molar-refractivity contribution in [1.29, 1.82) is 0 Å². The number of nitrogens with two attached hydrogens (primary N) is 1. The molecule has 0 radical (unpaired) electrons. The van der Waals surface area contributed by atoms with Crippen LogP contribution in [0.25, 0.3) is 0 Å². The second-order valence-corrected chi connectivity index (χ2v) is 6.34. The molecular weight excluding hydrogens is 310 g/mol. The topological polar surface area (TPSA) is 55.1 Å². The first-order valence-corrected chi connectivity index (χ1v) is 7.55. The molecule has 1 aromatic carbocycles. The molecule has 6 heteroatoms. The molecule has 1 aromatic rings. The number of benzene rings is 1. The van der Waals surface area contributed by atoms with Gasteiger partial charge in [-0.05, 0) is 49.7 Å². The maximum atomic E-state index is 13.2. The summed E-state index contributed by atoms with van der Waals surface area (Å²) < 4.78 is 26.4. The number of amides is 1. The Bertz CT molecular complexity index is 521. The summed E-state index contributed by atoms with van der Waals surface area (Å²) in [4.78, 5) is 12.3. The highest BCUT2D eigenvalue weighted by Gasteiger charge is 2.39. The molecule has 2 bridgehead atoms. The Morgan fingerprint density at radius 3 is 2.18 bits per heavy atom. The lowest BCUT2D eigenvalue weighted by Gasteiger charge is -2.45. The normalized spacial score (nSPS) is 30.3. The van der Waals surface area contributed by atoms with Gasteiger partial charge in [-0.25, -0.2) is 8.78 Å². The number of hydrogen-bond donors (Lipinski definition) is 2. The quantitative estimate of drug-likeness (QED) is 0.875. The van der Waals surface area contributed by atoms with E-state index in [2.05, 4.69) is 5.32 Å². The van der Waals surface area contributed by atoms with Gasteiger partial charge in [-0.3, -0.25) is 4.79 Å². The number of rotatable bonds is 2. The zero-order valence-corrected chi connectivity index (χ0v) is 13.0. The zero-order valence-electron chi connectivity index (χ0n) is 12.2. The van der Waals surface area contributed by atoms with Gasteiger partial charge in [0.15, 0.2) is 0 Å². The molecule has 2 aliphatic rings. The van der Waals surface area contributed by atoms with Gasteiger partial charge >= 0.3 is 0 Å². The van der Waals surface area contributed by atoms with E-state index in [-0.39, 0.29) is 30.1 Å². The van der Waals surface area contributed by atoms with Gasteiger partial charge in [0, 0.05) is 23.7 Å². The first-order valence-electron chi connectivity index (χ1n) is 7.55. The number of halogens is 3. The average Bonchev–Trinajstić information content (AvgIpc) is 2.38. The highest BCUT2D eigenvalue weighted by molar-refractivity contribution is 5.94. The summed E-state index contributed by atoms with van der Waals surface area (Å²) in [7, 11) is 0. The summed E-state index contributed by atoms with van der Waals surface area (Å²) >= 11 is 0. The van der Waals surface area contributed by atoms with Crippen molar-refractivity contribution in [2.45, 2.75) is 44.2 Å². The predicted octanol–water partition coefficient (Wildman–Crippen LogP) is 3.02. The SMILES string of the molecule is Cl.NC1CC2CCCC(C1)C2NC(=O)c1cc(F)cc(F)c1. The molecule has 0 saturated heterocycles. The summed E-state index contributed by atoms with van der Waals surface area (Å²) in [6.07, 6.45) is 5.13. The van der Waals surface area contributed by atoms with Gasteiger partial charge in [0.1, 0.15) is 11.6 Å². The van der Waals surface area contributed by atoms with Crippen LogP contribution in [0.3, 0.4) is 0 Å². The highest BCUT2D eigenvalue weighted by atomic mass is 35.5. The van der Waals surface area contributed by atoms with Gasteiger partial charge in [0.05, 0.1) is 0 Å². The lowest BCUT2D eigenvalue weighted by molar-refractivity contribution is 0.0755. The molecule has 22 heavy (non-hydrogen) atoms. The molecule has 2 aliphatic carbocycles. The largest absolute Gasteiger partial charge is 0.349 e. The molecule has 0 aliphatic heterocycles. The van der Waals surface area contributed by atoms with Crippen molar-refractivity contribution in [2.24, 2.45) is 17.6 Å². The molecule has 2 unspecified atom stereocenters. The monoisotopic (exact) mass is 330 g/mol. The van der Waals surface area contributed by atoms with Crippen LogP contribution in [0.1, 0.15) is 42.5 Å². The third kappa shape index (κ3) is 3.58. The number of hydrogen-bond acceptors (Lipinski definition) is 2. The molecule has 0 heterocycles. The highest BCUT2D eigenvalue weighted by Crippen LogP contribution is 2.39. The predicted molar refractivity (Wildman–Crippen MR) is 82.9 cm³/mol. The van der Waals surface area contributed by atoms with Gasteiger partial charge in [-0.15, -0.1) is 12.4 Å². The maximum absolute atomic E-state index is 13.2. The van der Waals surface area contributed by atoms with Gasteiger partial charge in [-0.2, -0.15) is 0 Å². The lowest BCUT2D eigenvalue weighted by atomic mass is 9.67. The third-order valence-corrected chi connectivity index (χ3v) is 4.80. The molecule has 3 nitrogen and oxygen atoms in total. The first-order chi connectivity index (χ1) is 10.0. The molecule has 3 rings (SSSR count). The molecule has 2 fully saturated rings. The minimum Gasteiger partial charge on any atom is -0.349 e. The van der Waals surface area contributed by atoms with Gasteiger partial charge in [-0.1, -0.05) is 6.42 Å². The van der Waals surface area contributed by atoms with Crippen LogP contribution in [-0.2, 0) is 0 Å². The van der Waals surface area contributed by atoms with E-state index in [0.29, 0.717) is 11.8 Å². The molecule has 3 N–H and O–H groups in total. The zero-order chi connectivity index (χ0) is 15.0. The van der Waals surface area contributed by atoms with Crippen LogP contribution in [0.15, 0.2) is 18.2 Å². The van der Waals surface area contributed by atoms with Gasteiger partial charge < -0.3 is 11.1 Å². The molecule has 0 aromatic heterocycles. The van der Waals surface area contributed by atoms with Crippen LogP contribution >= 0.6 is 12.4 Å². The van der Waals surface area contributed by atoms with Gasteiger partial charge in [0.25, 0.3) is 5.91 Å². The Hall–Kier alpha value is -1.20. The molecule has 2 atom stereocenters. The summed E-state index contributed by atoms with van der Waals surface area (Å²) in [5.74, 6) is -1.09. The van der Waals surface area contributed by atoms with Crippen LogP contribution in [0.2, 0.25) is 0 Å². The van der Waals surface area contributed by atoms with Gasteiger partial charge in [0.2, 0.25) is 0 Å². The van der Waals surface area contributed by atoms with Crippen molar-refractivity contribution in [3.8, 4) is 0 Å². The van der Waals surface area contributed by atoms with Crippen molar-refractivity contribution < 1.29 is 13.6 Å². The number of carbonyl (C=O) groups is 1. The van der Waals surface area contributed by atoms with Crippen molar-refractivity contribution >= 4 is 18.3 Å². The van der Waals surface area contributed by atoms with Crippen molar-refractivity contribution in [2.75, 3.05) is 0 Å². The fourth-order valence-corrected chi connectivity index (χ4v) is 3.94. The average molecular weight is 331 g/mol. The summed E-state index contributed by atoms with van der Waals surface area (Å²) in [6, 6.07) is 3.20. The summed E-state index contributed by atoms with van der Waals surface area (Å²) in [6.45, 7) is 0. The Morgan fingerprint density at radius 2 is 1.64 bits per heavy atom. The van der Waals surface area contributed by atoms with Crippen LogP contribution in [0.5, 0.6) is 0 Å². The first kappa shape index (κ1) is 17.2. The summed E-state index contributed by atoms with van der Waals surface area (Å²) in [5.41, 5.74) is 6.10. The molecule has 1 amide bonds. The Balaban J connectivity index is 0.00000176. The third-order valence-electron chi connectivity index (χ3n) is 4.80. The molecular formula is C16H21ClF2N2O. The van der Waals surface area contributed by atoms with E-state index in [0.717, 1.165) is 43.9 Å². The van der Waals surface area contributed by atoms with E-state index in [9.17, 15) is 13.6 Å². The molecule has 122 valence electrons. The fraction of sp³-hybridized carbons (Fsp3) is 0.562. The van der Waals surface area contributed by atoms with E-state index in [1.165, 1.54) is 6.42 Å². The van der Waals surface area contributed by atoms with Crippen molar-refractivity contribution in [1.82, 2.24) is 5.32 Å². The van der Waals surface area contributed by atoms with E-state index < -0.39 is 17.5 Å². The standard InChI is InChI=1S/C16H20F2N2O.ClH/c17-12-4-11(5-13(18)8-12)16(21)20-15-9-2-1-3-10(15)7-14(19)6-9;/h4-5,8-10,14-15H,1-3,6-7,19H2,(H,20,21);1H. The van der Waals surface area contributed by atoms with Crippen LogP contribution < -0.4 is 11.1 Å². The van der Waals surface area contributed by atoms with E-state index >= 15 is 0 Å². The van der Waals surface area contributed by atoms with Crippen LogP contribution in [0.4, 0.5) is 8.78 Å². The Labute approximate surface area is 135 Å². The number of nitrogens with one attached hydrogen (secondary N) is 1. The molecule has 2 saturated carbocycles. The maximum Gasteiger partial charge on any atom is 0.251 e. The van der Waals surface area contributed by atoms with Crippen molar-refractivity contribution in [3.63, 3.8) is 0 Å². The van der Waals surface area contributed by atoms with Crippen LogP contribution in [-0.4, -0.2) is 18.0 Å². The summed E-state index contributed by atoms with van der Waals surface area (Å²) in [5, 5.41) is 2.98. The number of carbonyl (C=O) groups excluding carboxylic acids is 1. The van der Waals surface area contributed by atoms with Crippen LogP contribution in [0, 0.1) is 23.5 Å². The number of fused-ring (bicyclic) bond motifs is 2. The lowest BCUT2D eigenvalue weighted by Crippen LogP contribution is -2.53. The van der Waals surface area contributed by atoms with E-state index in [1.807, 2.05) is 0 Å². The Kier molecular flexibility index (Phi) is 5.40. The van der Waals surface area contributed by atoms with E-state index in [1.54, 1.807) is 0 Å². The minimum absolute atomic E-state index is 0. The smallest absolute Gasteiger partial charge is 0.251 e. The second-order valence-electron chi connectivity index (χ2n) is 6.34. The fourth-order valence-electron chi connectivity index (χ4n) is 3.94.